The number of piperidine rings is 1. The number of carbonyl (C=O) groups is 1. The van der Waals surface area contributed by atoms with Crippen LogP contribution < -0.4 is 0 Å². The molecule has 5 nitrogen and oxygen atoms in total. The Labute approximate surface area is 108 Å². The van der Waals surface area contributed by atoms with Gasteiger partial charge in [0.05, 0.1) is 19.1 Å². The highest BCUT2D eigenvalue weighted by molar-refractivity contribution is 5.67. The van der Waals surface area contributed by atoms with E-state index in [1.54, 1.807) is 0 Å². The van der Waals surface area contributed by atoms with E-state index in [4.69, 9.17) is 14.6 Å². The summed E-state index contributed by atoms with van der Waals surface area (Å²) in [5.41, 5.74) is 0. The molecule has 2 unspecified atom stereocenters. The summed E-state index contributed by atoms with van der Waals surface area (Å²) in [6, 6.07) is 0.594. The van der Waals surface area contributed by atoms with Crippen LogP contribution in [0.2, 0.25) is 0 Å². The molecule has 0 radical (unpaired) electrons. The van der Waals surface area contributed by atoms with Gasteiger partial charge in [0.2, 0.25) is 0 Å². The molecule has 0 saturated carbocycles. The fourth-order valence-corrected chi connectivity index (χ4v) is 2.73. The largest absolute Gasteiger partial charge is 0.481 e. The van der Waals surface area contributed by atoms with Gasteiger partial charge in [0.25, 0.3) is 0 Å². The van der Waals surface area contributed by atoms with Gasteiger partial charge in [-0.2, -0.15) is 0 Å². The van der Waals surface area contributed by atoms with Crippen LogP contribution in [-0.2, 0) is 14.3 Å². The van der Waals surface area contributed by atoms with E-state index < -0.39 is 5.97 Å². The van der Waals surface area contributed by atoms with E-state index in [1.165, 1.54) is 0 Å². The summed E-state index contributed by atoms with van der Waals surface area (Å²) in [6.07, 6.45) is 1.73. The Morgan fingerprint density at radius 2 is 2.06 bits per heavy atom. The van der Waals surface area contributed by atoms with Gasteiger partial charge in [-0.15, -0.1) is 0 Å². The Kier molecular flexibility index (Phi) is 4.59. The van der Waals surface area contributed by atoms with Crippen molar-refractivity contribution in [2.45, 2.75) is 51.5 Å². The summed E-state index contributed by atoms with van der Waals surface area (Å²) in [4.78, 5) is 13.1. The molecule has 0 aromatic carbocycles. The summed E-state index contributed by atoms with van der Waals surface area (Å²) in [6.45, 7) is 7.00. The van der Waals surface area contributed by atoms with Gasteiger partial charge in [-0.05, 0) is 39.8 Å². The van der Waals surface area contributed by atoms with E-state index in [9.17, 15) is 4.79 Å². The average Bonchev–Trinajstić information content (AvgIpc) is 2.76. The minimum atomic E-state index is -0.820. The van der Waals surface area contributed by atoms with E-state index in [1.807, 2.05) is 0 Å². The number of hydrogen-bond acceptors (Lipinski definition) is 4. The molecule has 104 valence electrons. The van der Waals surface area contributed by atoms with Crippen LogP contribution in [0.4, 0.5) is 0 Å². The molecule has 18 heavy (non-hydrogen) atoms. The standard InChI is InChI=1S/C13H23NO4/c1-9(2)14-5-3-10(4-6-14)13-17-8-11(18-13)7-12(15)16/h9-11,13H,3-8H2,1-2H3,(H,15,16). The first kappa shape index (κ1) is 13.8. The van der Waals surface area contributed by atoms with Crippen LogP contribution in [-0.4, -0.2) is 54.1 Å². The zero-order valence-electron chi connectivity index (χ0n) is 11.2. The lowest BCUT2D eigenvalue weighted by atomic mass is 9.95. The maximum absolute atomic E-state index is 10.6. The van der Waals surface area contributed by atoms with Crippen molar-refractivity contribution in [3.8, 4) is 0 Å². The van der Waals surface area contributed by atoms with E-state index in [-0.39, 0.29) is 18.8 Å². The van der Waals surface area contributed by atoms with Crippen LogP contribution in [0, 0.1) is 5.92 Å². The van der Waals surface area contributed by atoms with Crippen molar-refractivity contribution >= 4 is 5.97 Å². The summed E-state index contributed by atoms with van der Waals surface area (Å²) in [7, 11) is 0. The topological polar surface area (TPSA) is 59.0 Å². The van der Waals surface area contributed by atoms with Crippen molar-refractivity contribution in [3.05, 3.63) is 0 Å². The second kappa shape index (κ2) is 5.99. The summed E-state index contributed by atoms with van der Waals surface area (Å²) in [5, 5.41) is 8.72. The second-order valence-electron chi connectivity index (χ2n) is 5.52. The van der Waals surface area contributed by atoms with E-state index in [2.05, 4.69) is 18.7 Å². The number of ether oxygens (including phenoxy) is 2. The quantitative estimate of drug-likeness (QED) is 0.823. The molecule has 0 aliphatic carbocycles. The summed E-state index contributed by atoms with van der Waals surface area (Å²) >= 11 is 0. The molecule has 0 bridgehead atoms. The molecule has 2 atom stereocenters. The molecule has 1 N–H and O–H groups in total. The first-order valence-electron chi connectivity index (χ1n) is 6.79. The Hall–Kier alpha value is -0.650. The molecule has 2 aliphatic heterocycles. The van der Waals surface area contributed by atoms with Crippen LogP contribution >= 0.6 is 0 Å². The van der Waals surface area contributed by atoms with Crippen molar-refractivity contribution in [3.63, 3.8) is 0 Å². The molecule has 0 spiro atoms. The van der Waals surface area contributed by atoms with Gasteiger partial charge in [-0.1, -0.05) is 0 Å². The highest BCUT2D eigenvalue weighted by atomic mass is 16.7. The SMILES string of the molecule is CC(C)N1CCC(C2OCC(CC(=O)O)O2)CC1. The van der Waals surface area contributed by atoms with Crippen molar-refractivity contribution in [2.24, 2.45) is 5.92 Å². The smallest absolute Gasteiger partial charge is 0.306 e. The third kappa shape index (κ3) is 3.43. The minimum absolute atomic E-state index is 0.0430. The Bertz CT molecular complexity index is 287. The lowest BCUT2D eigenvalue weighted by Crippen LogP contribution is -2.41. The van der Waals surface area contributed by atoms with E-state index >= 15 is 0 Å². The number of likely N-dealkylation sites (tertiary alicyclic amines) is 1. The van der Waals surface area contributed by atoms with E-state index in [0.29, 0.717) is 18.6 Å². The summed E-state index contributed by atoms with van der Waals surface area (Å²) in [5.74, 6) is -0.405. The Balaban J connectivity index is 1.76. The van der Waals surface area contributed by atoms with Crippen molar-refractivity contribution in [1.29, 1.82) is 0 Å². The predicted molar refractivity (Wildman–Crippen MR) is 66.3 cm³/mol. The molecule has 2 heterocycles. The number of carboxylic acids is 1. The lowest BCUT2D eigenvalue weighted by Gasteiger charge is -2.36. The maximum atomic E-state index is 10.6. The molecule has 2 fully saturated rings. The third-order valence-corrected chi connectivity index (χ3v) is 3.86. The van der Waals surface area contributed by atoms with Crippen molar-refractivity contribution < 1.29 is 19.4 Å². The molecule has 2 saturated heterocycles. The van der Waals surface area contributed by atoms with Crippen LogP contribution in [0.1, 0.15) is 33.1 Å². The number of aliphatic carboxylic acids is 1. The molecule has 0 amide bonds. The number of hydrogen-bond donors (Lipinski definition) is 1. The predicted octanol–water partition coefficient (Wildman–Crippen LogP) is 1.32. The van der Waals surface area contributed by atoms with Crippen LogP contribution in [0.25, 0.3) is 0 Å². The Morgan fingerprint density at radius 3 is 2.61 bits per heavy atom. The number of rotatable bonds is 4. The molecule has 0 aromatic rings. The molecular weight excluding hydrogens is 234 g/mol. The average molecular weight is 257 g/mol. The number of carboxylic acid groups (broad SMARTS) is 1. The van der Waals surface area contributed by atoms with Crippen molar-refractivity contribution in [2.75, 3.05) is 19.7 Å². The monoisotopic (exact) mass is 257 g/mol. The van der Waals surface area contributed by atoms with Gasteiger partial charge in [-0.25, -0.2) is 0 Å². The van der Waals surface area contributed by atoms with Crippen LogP contribution in [0.5, 0.6) is 0 Å². The van der Waals surface area contributed by atoms with Gasteiger partial charge in [0, 0.05) is 12.0 Å². The van der Waals surface area contributed by atoms with Gasteiger partial charge < -0.3 is 19.5 Å². The summed E-state index contributed by atoms with van der Waals surface area (Å²) < 4.78 is 11.3. The van der Waals surface area contributed by atoms with Crippen LogP contribution in [0.15, 0.2) is 0 Å². The fraction of sp³-hybridized carbons (Fsp3) is 0.923. The molecule has 2 rings (SSSR count). The normalized spacial score (nSPS) is 31.1. The third-order valence-electron chi connectivity index (χ3n) is 3.86. The molecule has 5 heteroatoms. The number of nitrogens with zero attached hydrogens (tertiary/aromatic N) is 1. The molecule has 0 aromatic heterocycles. The van der Waals surface area contributed by atoms with E-state index in [0.717, 1.165) is 25.9 Å². The zero-order chi connectivity index (χ0) is 13.1. The lowest BCUT2D eigenvalue weighted by molar-refractivity contribution is -0.142. The van der Waals surface area contributed by atoms with Crippen molar-refractivity contribution in [1.82, 2.24) is 4.90 Å². The zero-order valence-corrected chi connectivity index (χ0v) is 11.2. The minimum Gasteiger partial charge on any atom is -0.481 e. The van der Waals surface area contributed by atoms with Gasteiger partial charge in [0.1, 0.15) is 0 Å². The highest BCUT2D eigenvalue weighted by Gasteiger charge is 2.35. The van der Waals surface area contributed by atoms with Crippen LogP contribution in [0.3, 0.4) is 0 Å². The maximum Gasteiger partial charge on any atom is 0.306 e. The second-order valence-corrected chi connectivity index (χ2v) is 5.52. The first-order valence-corrected chi connectivity index (χ1v) is 6.79. The van der Waals surface area contributed by atoms with Gasteiger partial charge >= 0.3 is 5.97 Å². The molecule has 2 aliphatic rings. The Morgan fingerprint density at radius 1 is 1.39 bits per heavy atom. The van der Waals surface area contributed by atoms with Gasteiger partial charge in [0.15, 0.2) is 6.29 Å². The fourth-order valence-electron chi connectivity index (χ4n) is 2.73. The highest BCUT2D eigenvalue weighted by Crippen LogP contribution is 2.29. The first-order chi connectivity index (χ1) is 8.56. The molecular formula is C13H23NO4. The van der Waals surface area contributed by atoms with Gasteiger partial charge in [-0.3, -0.25) is 4.79 Å².